The first kappa shape index (κ1) is 23.4. The molecule has 8 nitrogen and oxygen atoms in total. The number of alkyl halides is 1. The van der Waals surface area contributed by atoms with E-state index in [1.54, 1.807) is 43.9 Å². The number of rotatable bonds is 4. The van der Waals surface area contributed by atoms with E-state index in [0.29, 0.717) is 30.7 Å². The van der Waals surface area contributed by atoms with E-state index in [-0.39, 0.29) is 48.7 Å². The Morgan fingerprint density at radius 2 is 2.00 bits per heavy atom. The molecule has 2 heterocycles. The number of nitrogens with one attached hydrogen (secondary N) is 3. The maximum absolute atomic E-state index is 14.0. The molecule has 0 bridgehead atoms. The van der Waals surface area contributed by atoms with Crippen molar-refractivity contribution in [2.75, 3.05) is 13.2 Å². The Hall–Kier alpha value is -2.81. The Morgan fingerprint density at radius 1 is 1.30 bits per heavy atom. The third kappa shape index (κ3) is 4.64. The summed E-state index contributed by atoms with van der Waals surface area (Å²) in [6, 6.07) is 4.45. The van der Waals surface area contributed by atoms with Crippen molar-refractivity contribution in [3.63, 3.8) is 0 Å². The lowest BCUT2D eigenvalue weighted by Crippen LogP contribution is -2.57. The van der Waals surface area contributed by atoms with Crippen LogP contribution >= 0.6 is 0 Å². The van der Waals surface area contributed by atoms with E-state index in [4.69, 9.17) is 10.1 Å². The van der Waals surface area contributed by atoms with Gasteiger partial charge in [-0.05, 0) is 31.4 Å². The van der Waals surface area contributed by atoms with E-state index >= 15 is 0 Å². The van der Waals surface area contributed by atoms with Crippen LogP contribution in [0.2, 0.25) is 0 Å². The summed E-state index contributed by atoms with van der Waals surface area (Å²) in [6.45, 7) is 7.82. The molecule has 3 N–H and O–H groups in total. The average molecular weight is 459 g/mol. The molecule has 1 aromatic carbocycles. The van der Waals surface area contributed by atoms with Gasteiger partial charge >= 0.3 is 0 Å². The summed E-state index contributed by atoms with van der Waals surface area (Å²) in [5, 5.41) is 13.8. The molecule has 4 atom stereocenters. The smallest absolute Gasteiger partial charge is 0.254 e. The molecule has 3 amide bonds. The van der Waals surface area contributed by atoms with Gasteiger partial charge in [0.2, 0.25) is 11.8 Å². The van der Waals surface area contributed by atoms with E-state index in [0.717, 1.165) is 5.56 Å². The molecule has 2 aliphatic heterocycles. The fourth-order valence-electron chi connectivity index (χ4n) is 4.31. The van der Waals surface area contributed by atoms with Gasteiger partial charge in [-0.2, -0.15) is 0 Å². The van der Waals surface area contributed by atoms with Gasteiger partial charge in [-0.15, -0.1) is 0 Å². The predicted octanol–water partition coefficient (Wildman–Crippen LogP) is 2.15. The van der Waals surface area contributed by atoms with Crippen molar-refractivity contribution in [2.24, 2.45) is 11.3 Å². The minimum absolute atomic E-state index is 0.0613. The standard InChI is InChI=1S/C24H31FN4O4/c1-23(2,3)22(32)28-19(26)13-5-6-14-11-29(21(31)15(14)9-13)18-12-33-8-7-17(18)27-20(30)16-10-24(16,4)25/h5-6,9,16-18H,7-8,10-12H2,1-4H3,(H,27,30)(H2,26,28,32). The van der Waals surface area contributed by atoms with Gasteiger partial charge < -0.3 is 20.3 Å². The van der Waals surface area contributed by atoms with Gasteiger partial charge in [0.15, 0.2) is 0 Å². The highest BCUT2D eigenvalue weighted by Gasteiger charge is 2.56. The molecule has 9 heteroatoms. The van der Waals surface area contributed by atoms with Crippen LogP contribution in [0.15, 0.2) is 18.2 Å². The molecule has 0 spiro atoms. The van der Waals surface area contributed by atoms with E-state index in [9.17, 15) is 18.8 Å². The Morgan fingerprint density at radius 3 is 2.64 bits per heavy atom. The van der Waals surface area contributed by atoms with Gasteiger partial charge in [0.05, 0.1) is 24.6 Å². The molecule has 2 fully saturated rings. The molecule has 1 saturated heterocycles. The average Bonchev–Trinajstić information content (AvgIpc) is 3.27. The number of amidine groups is 1. The topological polar surface area (TPSA) is 112 Å². The van der Waals surface area contributed by atoms with Crippen molar-refractivity contribution in [3.8, 4) is 0 Å². The van der Waals surface area contributed by atoms with Crippen molar-refractivity contribution in [1.82, 2.24) is 15.5 Å². The second-order valence-corrected chi connectivity index (χ2v) is 10.5. The summed E-state index contributed by atoms with van der Waals surface area (Å²) in [5.41, 5.74) is -0.365. The van der Waals surface area contributed by atoms with E-state index < -0.39 is 17.0 Å². The number of carbonyl (C=O) groups excluding carboxylic acids is 3. The Bertz CT molecular complexity index is 1020. The fraction of sp³-hybridized carbons (Fsp3) is 0.583. The zero-order valence-electron chi connectivity index (χ0n) is 19.5. The fourth-order valence-corrected chi connectivity index (χ4v) is 4.31. The minimum atomic E-state index is -1.45. The molecule has 1 aliphatic carbocycles. The van der Waals surface area contributed by atoms with E-state index in [1.165, 1.54) is 6.92 Å². The Kier molecular flexibility index (Phi) is 5.80. The quantitative estimate of drug-likeness (QED) is 0.474. The molecule has 178 valence electrons. The van der Waals surface area contributed by atoms with Crippen LogP contribution in [-0.4, -0.2) is 59.4 Å². The predicted molar refractivity (Wildman–Crippen MR) is 120 cm³/mol. The third-order valence-electron chi connectivity index (χ3n) is 6.69. The summed E-state index contributed by atoms with van der Waals surface area (Å²) < 4.78 is 19.6. The summed E-state index contributed by atoms with van der Waals surface area (Å²) in [7, 11) is 0. The van der Waals surface area contributed by atoms with E-state index in [2.05, 4.69) is 10.6 Å². The second-order valence-electron chi connectivity index (χ2n) is 10.5. The number of halogens is 1. The molecule has 3 aliphatic rings. The first-order chi connectivity index (χ1) is 15.4. The van der Waals surface area contributed by atoms with Crippen LogP contribution < -0.4 is 10.6 Å². The molecular formula is C24H31FN4O4. The van der Waals surface area contributed by atoms with Gasteiger partial charge in [-0.25, -0.2) is 4.39 Å². The van der Waals surface area contributed by atoms with Crippen LogP contribution in [0.4, 0.5) is 4.39 Å². The minimum Gasteiger partial charge on any atom is -0.379 e. The molecule has 4 unspecified atom stereocenters. The number of nitrogens with zero attached hydrogens (tertiary/aromatic N) is 1. The number of ether oxygens (including phenoxy) is 1. The normalized spacial score (nSPS) is 28.8. The number of hydrogen-bond acceptors (Lipinski definition) is 5. The zero-order chi connectivity index (χ0) is 24.1. The van der Waals surface area contributed by atoms with Crippen molar-refractivity contribution in [3.05, 3.63) is 34.9 Å². The highest BCUT2D eigenvalue weighted by atomic mass is 19.1. The van der Waals surface area contributed by atoms with Crippen LogP contribution in [-0.2, 0) is 20.9 Å². The molecule has 33 heavy (non-hydrogen) atoms. The lowest BCUT2D eigenvalue weighted by Gasteiger charge is -2.38. The lowest BCUT2D eigenvalue weighted by atomic mass is 9.95. The van der Waals surface area contributed by atoms with Gasteiger partial charge in [0, 0.05) is 29.7 Å². The zero-order valence-corrected chi connectivity index (χ0v) is 19.5. The SMILES string of the molecule is CC(C)(C)C(=O)NC(=N)c1ccc2c(c1)C(=O)N(C1COCCC1NC(=O)C1CC1(C)F)C2. The maximum Gasteiger partial charge on any atom is 0.254 e. The molecule has 0 aromatic heterocycles. The number of hydrogen-bond donors (Lipinski definition) is 3. The monoisotopic (exact) mass is 458 g/mol. The number of fused-ring (bicyclic) bond motifs is 1. The summed E-state index contributed by atoms with van der Waals surface area (Å²) in [5.74, 6) is -1.50. The van der Waals surface area contributed by atoms with Gasteiger partial charge in [0.1, 0.15) is 11.5 Å². The Labute approximate surface area is 192 Å². The number of benzene rings is 1. The van der Waals surface area contributed by atoms with Gasteiger partial charge in [0.25, 0.3) is 5.91 Å². The molecule has 0 radical (unpaired) electrons. The highest BCUT2D eigenvalue weighted by Crippen LogP contribution is 2.47. The van der Waals surface area contributed by atoms with Crippen LogP contribution in [0.5, 0.6) is 0 Å². The largest absolute Gasteiger partial charge is 0.379 e. The van der Waals surface area contributed by atoms with Gasteiger partial charge in [-0.1, -0.05) is 32.9 Å². The van der Waals surface area contributed by atoms with Gasteiger partial charge in [-0.3, -0.25) is 19.8 Å². The highest BCUT2D eigenvalue weighted by molar-refractivity contribution is 6.09. The third-order valence-corrected chi connectivity index (χ3v) is 6.69. The van der Waals surface area contributed by atoms with Crippen molar-refractivity contribution in [1.29, 1.82) is 5.41 Å². The summed E-state index contributed by atoms with van der Waals surface area (Å²) in [4.78, 5) is 39.6. The number of carbonyl (C=O) groups is 3. The summed E-state index contributed by atoms with van der Waals surface area (Å²) in [6.07, 6.45) is 0.766. The Balaban J connectivity index is 1.47. The van der Waals surface area contributed by atoms with Crippen molar-refractivity contribution in [2.45, 2.75) is 64.8 Å². The van der Waals surface area contributed by atoms with Crippen LogP contribution in [0.1, 0.15) is 62.0 Å². The molecule has 4 rings (SSSR count). The van der Waals surface area contributed by atoms with Crippen LogP contribution in [0.25, 0.3) is 0 Å². The van der Waals surface area contributed by atoms with Crippen LogP contribution in [0.3, 0.4) is 0 Å². The molecular weight excluding hydrogens is 427 g/mol. The first-order valence-electron chi connectivity index (χ1n) is 11.3. The second kappa shape index (κ2) is 8.20. The lowest BCUT2D eigenvalue weighted by molar-refractivity contribution is -0.127. The van der Waals surface area contributed by atoms with Crippen molar-refractivity contribution < 1.29 is 23.5 Å². The number of amides is 3. The molecule has 1 aromatic rings. The molecule has 1 saturated carbocycles. The maximum atomic E-state index is 14.0. The van der Waals surface area contributed by atoms with E-state index in [1.807, 2.05) is 0 Å². The van der Waals surface area contributed by atoms with Crippen LogP contribution in [0, 0.1) is 16.7 Å². The van der Waals surface area contributed by atoms with Crippen molar-refractivity contribution >= 4 is 23.6 Å². The summed E-state index contributed by atoms with van der Waals surface area (Å²) >= 11 is 0. The first-order valence-corrected chi connectivity index (χ1v) is 11.3.